The zero-order valence-electron chi connectivity index (χ0n) is 11.4. The van der Waals surface area contributed by atoms with E-state index in [9.17, 15) is 4.79 Å². The van der Waals surface area contributed by atoms with Gasteiger partial charge in [0, 0.05) is 31.8 Å². The minimum Gasteiger partial charge on any atom is -0.376 e. The molecule has 0 aromatic rings. The number of nitrogens with one attached hydrogen (secondary N) is 1. The van der Waals surface area contributed by atoms with Gasteiger partial charge in [-0.3, -0.25) is 4.79 Å². The fourth-order valence-corrected chi connectivity index (χ4v) is 2.68. The molecular weight excluding hydrogens is 232 g/mol. The molecule has 2 aliphatic rings. The van der Waals surface area contributed by atoms with Crippen molar-refractivity contribution in [2.45, 2.75) is 44.9 Å². The number of ether oxygens (including phenoxy) is 2. The van der Waals surface area contributed by atoms with E-state index < -0.39 is 0 Å². The molecule has 18 heavy (non-hydrogen) atoms. The number of hydrogen-bond acceptors (Lipinski definition) is 4. The first-order chi connectivity index (χ1) is 8.65. The van der Waals surface area contributed by atoms with E-state index in [1.54, 1.807) is 0 Å². The van der Waals surface area contributed by atoms with Crippen molar-refractivity contribution in [1.82, 2.24) is 10.2 Å². The Morgan fingerprint density at radius 3 is 2.72 bits per heavy atom. The van der Waals surface area contributed by atoms with Crippen LogP contribution in [0.3, 0.4) is 0 Å². The van der Waals surface area contributed by atoms with Crippen LogP contribution >= 0.6 is 0 Å². The van der Waals surface area contributed by atoms with E-state index in [0.717, 1.165) is 32.5 Å². The van der Waals surface area contributed by atoms with Crippen molar-refractivity contribution in [1.29, 1.82) is 0 Å². The number of amides is 1. The van der Waals surface area contributed by atoms with Gasteiger partial charge in [-0.1, -0.05) is 0 Å². The Labute approximate surface area is 109 Å². The molecule has 5 heteroatoms. The molecule has 0 bridgehead atoms. The van der Waals surface area contributed by atoms with Crippen molar-refractivity contribution >= 4 is 5.91 Å². The summed E-state index contributed by atoms with van der Waals surface area (Å²) in [6.45, 7) is 7.29. The quantitative estimate of drug-likeness (QED) is 0.790. The largest absolute Gasteiger partial charge is 0.376 e. The van der Waals surface area contributed by atoms with Gasteiger partial charge < -0.3 is 19.7 Å². The Balaban J connectivity index is 1.67. The maximum atomic E-state index is 12.0. The highest BCUT2D eigenvalue weighted by molar-refractivity contribution is 5.77. The zero-order valence-corrected chi connectivity index (χ0v) is 11.4. The number of piperazine rings is 1. The summed E-state index contributed by atoms with van der Waals surface area (Å²) < 4.78 is 10.9. The Morgan fingerprint density at radius 2 is 2.11 bits per heavy atom. The highest BCUT2D eigenvalue weighted by atomic mass is 16.5. The van der Waals surface area contributed by atoms with Crippen LogP contribution in [0, 0.1) is 0 Å². The molecule has 5 nitrogen and oxygen atoms in total. The van der Waals surface area contributed by atoms with Gasteiger partial charge in [-0.25, -0.2) is 0 Å². The molecule has 0 saturated carbocycles. The topological polar surface area (TPSA) is 50.8 Å². The highest BCUT2D eigenvalue weighted by Gasteiger charge is 2.25. The molecule has 2 fully saturated rings. The smallest absolute Gasteiger partial charge is 0.248 e. The van der Waals surface area contributed by atoms with Crippen LogP contribution in [0.25, 0.3) is 0 Å². The van der Waals surface area contributed by atoms with Crippen molar-refractivity contribution in [3.05, 3.63) is 0 Å². The van der Waals surface area contributed by atoms with Gasteiger partial charge in [0.2, 0.25) is 5.91 Å². The average Bonchev–Trinajstić information content (AvgIpc) is 2.80. The van der Waals surface area contributed by atoms with Crippen molar-refractivity contribution in [2.24, 2.45) is 0 Å². The summed E-state index contributed by atoms with van der Waals surface area (Å²) in [4.78, 5) is 13.9. The molecule has 0 spiro atoms. The van der Waals surface area contributed by atoms with E-state index in [4.69, 9.17) is 9.47 Å². The summed E-state index contributed by atoms with van der Waals surface area (Å²) in [7, 11) is 0. The second-order valence-corrected chi connectivity index (χ2v) is 5.42. The molecule has 3 atom stereocenters. The monoisotopic (exact) mass is 256 g/mol. The molecule has 104 valence electrons. The lowest BCUT2D eigenvalue weighted by atomic mass is 10.1. The Morgan fingerprint density at radius 1 is 1.39 bits per heavy atom. The number of nitrogens with zero attached hydrogens (tertiary/aromatic N) is 1. The second kappa shape index (κ2) is 6.50. The van der Waals surface area contributed by atoms with Gasteiger partial charge in [0.25, 0.3) is 0 Å². The third-order valence-electron chi connectivity index (χ3n) is 3.46. The third-order valence-corrected chi connectivity index (χ3v) is 3.46. The van der Waals surface area contributed by atoms with E-state index in [2.05, 4.69) is 19.2 Å². The summed E-state index contributed by atoms with van der Waals surface area (Å²) in [6.07, 6.45) is 2.35. The number of carbonyl (C=O) groups excluding carboxylic acids is 1. The summed E-state index contributed by atoms with van der Waals surface area (Å²) >= 11 is 0. The Hall–Kier alpha value is -0.650. The third kappa shape index (κ3) is 3.93. The van der Waals surface area contributed by atoms with Gasteiger partial charge >= 0.3 is 0 Å². The van der Waals surface area contributed by atoms with Crippen LogP contribution in [-0.2, 0) is 14.3 Å². The fraction of sp³-hybridized carbons (Fsp3) is 0.923. The zero-order chi connectivity index (χ0) is 13.0. The fourth-order valence-electron chi connectivity index (χ4n) is 2.68. The molecule has 0 aromatic carbocycles. The van der Waals surface area contributed by atoms with E-state index in [1.807, 2.05) is 4.90 Å². The van der Waals surface area contributed by atoms with E-state index in [0.29, 0.717) is 18.7 Å². The van der Waals surface area contributed by atoms with Crippen LogP contribution in [0.1, 0.15) is 26.7 Å². The molecule has 1 amide bonds. The highest BCUT2D eigenvalue weighted by Crippen LogP contribution is 2.12. The molecule has 1 N–H and O–H groups in total. The van der Waals surface area contributed by atoms with Gasteiger partial charge in [0.15, 0.2) is 0 Å². The maximum Gasteiger partial charge on any atom is 0.248 e. The van der Waals surface area contributed by atoms with Gasteiger partial charge in [-0.15, -0.1) is 0 Å². The normalized spacial score (nSPS) is 32.8. The standard InChI is InChI=1S/C13H24N2O3/c1-10-6-15(7-11(2)14-10)13(16)9-17-8-12-4-3-5-18-12/h10-12,14H,3-9H2,1-2H3/t10-,11-,12+/m1/s1. The van der Waals surface area contributed by atoms with E-state index in [1.165, 1.54) is 0 Å². The molecule has 2 heterocycles. The lowest BCUT2D eigenvalue weighted by molar-refractivity contribution is -0.139. The van der Waals surface area contributed by atoms with Gasteiger partial charge in [0.05, 0.1) is 12.7 Å². The molecule has 2 aliphatic heterocycles. The molecule has 0 aliphatic carbocycles. The first-order valence-electron chi connectivity index (χ1n) is 6.88. The Kier molecular flexibility index (Phi) is 4.97. The SMILES string of the molecule is C[C@@H]1CN(C(=O)COC[C@@H]2CCCO2)C[C@@H](C)N1. The lowest BCUT2D eigenvalue weighted by Crippen LogP contribution is -2.56. The first kappa shape index (κ1) is 13.8. The number of carbonyl (C=O) groups is 1. The summed E-state index contributed by atoms with van der Waals surface area (Å²) in [5.41, 5.74) is 0. The minimum atomic E-state index is 0.0909. The van der Waals surface area contributed by atoms with Crippen molar-refractivity contribution in [2.75, 3.05) is 32.9 Å². The molecule has 0 unspecified atom stereocenters. The number of rotatable bonds is 4. The minimum absolute atomic E-state index is 0.0909. The van der Waals surface area contributed by atoms with Crippen LogP contribution in [0.15, 0.2) is 0 Å². The van der Waals surface area contributed by atoms with Crippen molar-refractivity contribution in [3.63, 3.8) is 0 Å². The molecule has 0 aromatic heterocycles. The van der Waals surface area contributed by atoms with Gasteiger partial charge in [0.1, 0.15) is 6.61 Å². The Bertz CT molecular complexity index is 269. The van der Waals surface area contributed by atoms with E-state index in [-0.39, 0.29) is 18.6 Å². The molecule has 0 radical (unpaired) electrons. The molecular formula is C13H24N2O3. The predicted molar refractivity (Wildman–Crippen MR) is 68.4 cm³/mol. The van der Waals surface area contributed by atoms with E-state index >= 15 is 0 Å². The van der Waals surface area contributed by atoms with Crippen LogP contribution in [0.5, 0.6) is 0 Å². The van der Waals surface area contributed by atoms with Crippen molar-refractivity contribution in [3.8, 4) is 0 Å². The van der Waals surface area contributed by atoms with Crippen LogP contribution < -0.4 is 5.32 Å². The van der Waals surface area contributed by atoms with Gasteiger partial charge in [-0.05, 0) is 26.7 Å². The maximum absolute atomic E-state index is 12.0. The predicted octanol–water partition coefficient (Wildman–Crippen LogP) is 0.391. The summed E-state index contributed by atoms with van der Waals surface area (Å²) in [5.74, 6) is 0.0909. The second-order valence-electron chi connectivity index (χ2n) is 5.42. The molecule has 2 rings (SSSR count). The average molecular weight is 256 g/mol. The summed E-state index contributed by atoms with van der Waals surface area (Å²) in [5, 5.41) is 3.41. The number of hydrogen-bond donors (Lipinski definition) is 1. The molecule has 2 saturated heterocycles. The first-order valence-corrected chi connectivity index (χ1v) is 6.88. The van der Waals surface area contributed by atoms with Crippen LogP contribution in [0.2, 0.25) is 0 Å². The lowest BCUT2D eigenvalue weighted by Gasteiger charge is -2.36. The van der Waals surface area contributed by atoms with Crippen LogP contribution in [-0.4, -0.2) is 61.9 Å². The van der Waals surface area contributed by atoms with Crippen molar-refractivity contribution < 1.29 is 14.3 Å². The van der Waals surface area contributed by atoms with Gasteiger partial charge in [-0.2, -0.15) is 0 Å². The summed E-state index contributed by atoms with van der Waals surface area (Å²) in [6, 6.07) is 0.715. The van der Waals surface area contributed by atoms with Crippen LogP contribution in [0.4, 0.5) is 0 Å².